The van der Waals surface area contributed by atoms with E-state index in [1.807, 2.05) is 30.3 Å². The fourth-order valence-corrected chi connectivity index (χ4v) is 1.55. The molecule has 0 aliphatic rings. The molecule has 0 saturated carbocycles. The zero-order valence-electron chi connectivity index (χ0n) is 7.24. The second-order valence-electron chi connectivity index (χ2n) is 3.29. The highest BCUT2D eigenvalue weighted by molar-refractivity contribution is 7.69. The third-order valence-electron chi connectivity index (χ3n) is 1.12. The first-order valence-electron chi connectivity index (χ1n) is 3.64. The average Bonchev–Trinajstić information content (AvgIpc) is 1.85. The van der Waals surface area contributed by atoms with Gasteiger partial charge in [0.2, 0.25) is 0 Å². The van der Waals surface area contributed by atoms with E-state index in [-0.39, 0.29) is 0 Å². The van der Waals surface area contributed by atoms with Crippen LogP contribution in [0.15, 0.2) is 30.3 Å². The van der Waals surface area contributed by atoms with Crippen LogP contribution >= 0.6 is 7.49 Å². The molecule has 11 heavy (non-hydrogen) atoms. The molecule has 1 nitrogen and oxygen atoms in total. The van der Waals surface area contributed by atoms with Gasteiger partial charge < -0.3 is 4.52 Å². The van der Waals surface area contributed by atoms with Crippen molar-refractivity contribution < 1.29 is 4.52 Å². The fourth-order valence-electron chi connectivity index (χ4n) is 0.798. The van der Waals surface area contributed by atoms with Crippen LogP contribution < -0.4 is 4.52 Å². The molecule has 1 rings (SSSR count). The van der Waals surface area contributed by atoms with Gasteiger partial charge >= 0.3 is 0 Å². The largest absolute Gasteiger partial charge is 0.352 e. The number of para-hydroxylation sites is 1. The topological polar surface area (TPSA) is 9.23 Å². The zero-order chi connectivity index (χ0) is 8.32. The smallest absolute Gasteiger partial charge is 0.182 e. The van der Waals surface area contributed by atoms with Crippen molar-refractivity contribution in [1.29, 1.82) is 0 Å². The molecule has 2 heteroatoms. The van der Waals surface area contributed by atoms with Crippen LogP contribution in [0.1, 0.15) is 0 Å². The summed E-state index contributed by atoms with van der Waals surface area (Å²) in [6.07, 6.45) is 0. The Morgan fingerprint density at radius 1 is 1.00 bits per heavy atom. The van der Waals surface area contributed by atoms with Crippen molar-refractivity contribution in [3.05, 3.63) is 30.3 Å². The first kappa shape index (κ1) is 8.55. The van der Waals surface area contributed by atoms with Crippen molar-refractivity contribution in [2.75, 3.05) is 20.0 Å². The predicted molar refractivity (Wildman–Crippen MR) is 51.8 cm³/mol. The minimum absolute atomic E-state index is 0.980. The molecule has 0 saturated heterocycles. The highest BCUT2D eigenvalue weighted by atomic mass is 31.2. The number of benzene rings is 1. The quantitative estimate of drug-likeness (QED) is 0.618. The third kappa shape index (κ3) is 3.38. The SMILES string of the molecule is C[P+](C)(C)Oc1ccccc1. The summed E-state index contributed by atoms with van der Waals surface area (Å²) >= 11 is 0. The molecule has 1 aromatic carbocycles. The van der Waals surface area contributed by atoms with Crippen LogP contribution in [0, 0.1) is 0 Å². The molecule has 0 unspecified atom stereocenters. The van der Waals surface area contributed by atoms with Crippen molar-refractivity contribution in [1.82, 2.24) is 0 Å². The molecular formula is C9H14OP+. The summed E-state index contributed by atoms with van der Waals surface area (Å²) in [4.78, 5) is 0. The van der Waals surface area contributed by atoms with Gasteiger partial charge in [-0.25, -0.2) is 0 Å². The monoisotopic (exact) mass is 169 g/mol. The van der Waals surface area contributed by atoms with Gasteiger partial charge in [-0.2, -0.15) is 0 Å². The summed E-state index contributed by atoms with van der Waals surface area (Å²) in [7, 11) is -1.14. The van der Waals surface area contributed by atoms with E-state index in [0.29, 0.717) is 0 Å². The molecule has 0 bridgehead atoms. The van der Waals surface area contributed by atoms with Gasteiger partial charge in [-0.3, -0.25) is 0 Å². The van der Waals surface area contributed by atoms with Crippen molar-refractivity contribution >= 4 is 7.49 Å². The Bertz CT molecular complexity index is 213. The Kier molecular flexibility index (Phi) is 2.51. The summed E-state index contributed by atoms with van der Waals surface area (Å²) < 4.78 is 5.71. The average molecular weight is 169 g/mol. The van der Waals surface area contributed by atoms with Crippen molar-refractivity contribution in [3.8, 4) is 5.75 Å². The lowest BCUT2D eigenvalue weighted by Gasteiger charge is -2.11. The Morgan fingerprint density at radius 3 is 2.00 bits per heavy atom. The second kappa shape index (κ2) is 3.23. The van der Waals surface area contributed by atoms with Gasteiger partial charge in [0.15, 0.2) is 13.2 Å². The summed E-state index contributed by atoms with van der Waals surface area (Å²) in [5.74, 6) is 0.980. The van der Waals surface area contributed by atoms with Crippen LogP contribution in [0.3, 0.4) is 0 Å². The van der Waals surface area contributed by atoms with Crippen LogP contribution in [0.4, 0.5) is 0 Å². The Morgan fingerprint density at radius 2 is 1.55 bits per heavy atom. The molecule has 0 heterocycles. The minimum Gasteiger partial charge on any atom is -0.352 e. The fraction of sp³-hybridized carbons (Fsp3) is 0.333. The molecule has 0 aromatic heterocycles. The molecule has 0 amide bonds. The maximum absolute atomic E-state index is 5.71. The predicted octanol–water partition coefficient (Wildman–Crippen LogP) is 2.89. The lowest BCUT2D eigenvalue weighted by Crippen LogP contribution is -1.94. The van der Waals surface area contributed by atoms with Crippen molar-refractivity contribution in [2.45, 2.75) is 0 Å². The van der Waals surface area contributed by atoms with Crippen LogP contribution in [0.2, 0.25) is 0 Å². The molecule has 0 N–H and O–H groups in total. The van der Waals surface area contributed by atoms with Gasteiger partial charge in [0.1, 0.15) is 0 Å². The maximum atomic E-state index is 5.71. The zero-order valence-corrected chi connectivity index (χ0v) is 8.14. The number of hydrogen-bond donors (Lipinski definition) is 0. The standard InChI is InChI=1S/C9H14OP/c1-11(2,3)10-9-7-5-4-6-8-9/h4-8H,1-3H3/q+1. The second-order valence-corrected chi connectivity index (χ2v) is 7.26. The number of rotatable bonds is 2. The molecule has 1 aromatic rings. The van der Waals surface area contributed by atoms with Gasteiger partial charge in [0.05, 0.1) is 20.0 Å². The molecule has 0 atom stereocenters. The molecule has 60 valence electrons. The van der Waals surface area contributed by atoms with Crippen molar-refractivity contribution in [2.24, 2.45) is 0 Å². The van der Waals surface area contributed by atoms with Gasteiger partial charge in [-0.15, -0.1) is 0 Å². The van der Waals surface area contributed by atoms with Crippen LogP contribution in [-0.4, -0.2) is 20.0 Å². The molecular weight excluding hydrogens is 155 g/mol. The molecule has 0 radical (unpaired) electrons. The van der Waals surface area contributed by atoms with Crippen LogP contribution in [0.5, 0.6) is 5.75 Å². The van der Waals surface area contributed by atoms with Gasteiger partial charge in [0.25, 0.3) is 0 Å². The molecule has 0 spiro atoms. The Labute approximate surface area is 68.8 Å². The first-order chi connectivity index (χ1) is 5.08. The lowest BCUT2D eigenvalue weighted by molar-refractivity contribution is 0.609. The van der Waals surface area contributed by atoms with E-state index >= 15 is 0 Å². The molecule has 0 fully saturated rings. The summed E-state index contributed by atoms with van der Waals surface area (Å²) in [6.45, 7) is 6.46. The van der Waals surface area contributed by atoms with E-state index in [4.69, 9.17) is 4.52 Å². The highest BCUT2D eigenvalue weighted by Gasteiger charge is 2.19. The normalized spacial score (nSPS) is 11.2. The number of hydrogen-bond acceptors (Lipinski definition) is 1. The van der Waals surface area contributed by atoms with Crippen molar-refractivity contribution in [3.63, 3.8) is 0 Å². The van der Waals surface area contributed by atoms with Gasteiger partial charge in [-0.05, 0) is 12.1 Å². The van der Waals surface area contributed by atoms with Gasteiger partial charge in [0, 0.05) is 0 Å². The summed E-state index contributed by atoms with van der Waals surface area (Å²) in [6, 6.07) is 9.96. The molecule has 0 aliphatic carbocycles. The maximum Gasteiger partial charge on any atom is 0.182 e. The third-order valence-corrected chi connectivity index (χ3v) is 1.88. The summed E-state index contributed by atoms with van der Waals surface area (Å²) in [5.41, 5.74) is 0. The van der Waals surface area contributed by atoms with E-state index in [0.717, 1.165) is 5.75 Å². The van der Waals surface area contributed by atoms with Crippen LogP contribution in [0.25, 0.3) is 0 Å². The van der Waals surface area contributed by atoms with E-state index in [1.165, 1.54) is 0 Å². The lowest BCUT2D eigenvalue weighted by atomic mass is 10.3. The Balaban J connectivity index is 2.66. The van der Waals surface area contributed by atoms with E-state index in [2.05, 4.69) is 20.0 Å². The highest BCUT2D eigenvalue weighted by Crippen LogP contribution is 2.47. The van der Waals surface area contributed by atoms with E-state index < -0.39 is 7.49 Å². The van der Waals surface area contributed by atoms with E-state index in [9.17, 15) is 0 Å². The van der Waals surface area contributed by atoms with Gasteiger partial charge in [-0.1, -0.05) is 18.2 Å². The molecule has 0 aliphatic heterocycles. The summed E-state index contributed by atoms with van der Waals surface area (Å²) in [5, 5.41) is 0. The minimum atomic E-state index is -1.14. The van der Waals surface area contributed by atoms with E-state index in [1.54, 1.807) is 0 Å². The van der Waals surface area contributed by atoms with Crippen LogP contribution in [-0.2, 0) is 0 Å². The Hall–Kier alpha value is -0.550. The first-order valence-corrected chi connectivity index (χ1v) is 6.69.